The third-order valence-electron chi connectivity index (χ3n) is 3.94. The molecule has 0 spiro atoms. The predicted octanol–water partition coefficient (Wildman–Crippen LogP) is 5.05. The maximum atomic E-state index is 11.5. The molecular weight excluding hydrogens is 358 g/mol. The molecule has 0 saturated carbocycles. The smallest absolute Gasteiger partial charge is 0.339 e. The average molecular weight is 377 g/mol. The number of aliphatic carboxylic acids is 1. The second kappa shape index (κ2) is 8.73. The lowest BCUT2D eigenvalue weighted by Crippen LogP contribution is -2.03. The molecule has 0 bridgehead atoms. The molecule has 1 heterocycles. The fourth-order valence-electron chi connectivity index (χ4n) is 2.61. The minimum atomic E-state index is -1.08. The number of benzene rings is 2. The van der Waals surface area contributed by atoms with Crippen molar-refractivity contribution in [1.29, 1.82) is 0 Å². The molecule has 0 aliphatic heterocycles. The van der Waals surface area contributed by atoms with Crippen LogP contribution in [0, 0.1) is 6.92 Å². The van der Waals surface area contributed by atoms with Gasteiger partial charge in [-0.3, -0.25) is 0 Å². The molecule has 1 aromatic heterocycles. The SMILES string of the molecule is CO/C=C(/C(=O)O)c1cccc(Oc2cc(Oc3ccccc3)ccn2)c1C. The van der Waals surface area contributed by atoms with E-state index in [1.165, 1.54) is 13.4 Å². The fraction of sp³-hybridized carbons (Fsp3) is 0.0909. The van der Waals surface area contributed by atoms with E-state index in [2.05, 4.69) is 4.98 Å². The van der Waals surface area contributed by atoms with Crippen molar-refractivity contribution in [3.8, 4) is 23.1 Å². The van der Waals surface area contributed by atoms with Crippen molar-refractivity contribution in [1.82, 2.24) is 4.98 Å². The van der Waals surface area contributed by atoms with Gasteiger partial charge in [0.05, 0.1) is 13.4 Å². The lowest BCUT2D eigenvalue weighted by Gasteiger charge is -2.13. The molecule has 28 heavy (non-hydrogen) atoms. The summed E-state index contributed by atoms with van der Waals surface area (Å²) < 4.78 is 16.6. The highest BCUT2D eigenvalue weighted by Crippen LogP contribution is 2.31. The van der Waals surface area contributed by atoms with Crippen LogP contribution in [-0.2, 0) is 9.53 Å². The molecule has 1 N–H and O–H groups in total. The van der Waals surface area contributed by atoms with Gasteiger partial charge >= 0.3 is 5.97 Å². The molecule has 0 fully saturated rings. The topological polar surface area (TPSA) is 77.9 Å². The molecule has 0 amide bonds. The first-order valence-corrected chi connectivity index (χ1v) is 8.51. The molecule has 0 saturated heterocycles. The van der Waals surface area contributed by atoms with Crippen LogP contribution < -0.4 is 9.47 Å². The average Bonchev–Trinajstić information content (AvgIpc) is 2.69. The Hall–Kier alpha value is -3.80. The Morgan fingerprint density at radius 3 is 2.50 bits per heavy atom. The van der Waals surface area contributed by atoms with Crippen LogP contribution in [-0.4, -0.2) is 23.2 Å². The van der Waals surface area contributed by atoms with Crippen LogP contribution in [0.3, 0.4) is 0 Å². The number of hydrogen-bond acceptors (Lipinski definition) is 5. The Balaban J connectivity index is 1.86. The number of nitrogens with zero attached hydrogens (tertiary/aromatic N) is 1. The summed E-state index contributed by atoms with van der Waals surface area (Å²) in [6, 6.07) is 17.9. The van der Waals surface area contributed by atoms with Crippen LogP contribution in [0.15, 0.2) is 73.1 Å². The first kappa shape index (κ1) is 19.0. The van der Waals surface area contributed by atoms with Crippen molar-refractivity contribution in [2.45, 2.75) is 6.92 Å². The van der Waals surface area contributed by atoms with E-state index in [9.17, 15) is 9.90 Å². The normalized spacial score (nSPS) is 11.0. The number of carbonyl (C=O) groups is 1. The first-order chi connectivity index (χ1) is 13.6. The van der Waals surface area contributed by atoms with Crippen molar-refractivity contribution in [3.63, 3.8) is 0 Å². The van der Waals surface area contributed by atoms with Crippen LogP contribution in [0.1, 0.15) is 11.1 Å². The van der Waals surface area contributed by atoms with E-state index in [-0.39, 0.29) is 5.57 Å². The number of carboxylic acids is 1. The van der Waals surface area contributed by atoms with Crippen LogP contribution in [0.5, 0.6) is 23.1 Å². The monoisotopic (exact) mass is 377 g/mol. The zero-order valence-corrected chi connectivity index (χ0v) is 15.5. The van der Waals surface area contributed by atoms with Crippen molar-refractivity contribution >= 4 is 11.5 Å². The van der Waals surface area contributed by atoms with Gasteiger partial charge in [0.15, 0.2) is 0 Å². The number of aromatic nitrogens is 1. The van der Waals surface area contributed by atoms with Gasteiger partial charge in [-0.1, -0.05) is 30.3 Å². The molecule has 2 aromatic carbocycles. The van der Waals surface area contributed by atoms with Gasteiger partial charge in [-0.25, -0.2) is 9.78 Å². The molecule has 142 valence electrons. The number of rotatable bonds is 7. The first-order valence-electron chi connectivity index (χ1n) is 8.51. The number of hydrogen-bond donors (Lipinski definition) is 1. The van der Waals surface area contributed by atoms with Crippen molar-refractivity contribution in [2.24, 2.45) is 0 Å². The molecule has 3 rings (SSSR count). The Bertz CT molecular complexity index is 999. The number of para-hydroxylation sites is 1. The van der Waals surface area contributed by atoms with Crippen LogP contribution in [0.4, 0.5) is 0 Å². The maximum Gasteiger partial charge on any atom is 0.339 e. The highest BCUT2D eigenvalue weighted by molar-refractivity contribution is 6.15. The largest absolute Gasteiger partial charge is 0.503 e. The number of methoxy groups -OCH3 is 1. The molecule has 0 aliphatic rings. The van der Waals surface area contributed by atoms with Gasteiger partial charge in [-0.05, 0) is 42.3 Å². The fourth-order valence-corrected chi connectivity index (χ4v) is 2.61. The van der Waals surface area contributed by atoms with Gasteiger partial charge in [-0.15, -0.1) is 0 Å². The third kappa shape index (κ3) is 4.48. The van der Waals surface area contributed by atoms with E-state index >= 15 is 0 Å². The van der Waals surface area contributed by atoms with E-state index in [0.29, 0.717) is 34.3 Å². The van der Waals surface area contributed by atoms with Crippen LogP contribution >= 0.6 is 0 Å². The molecule has 6 heteroatoms. The number of pyridine rings is 1. The third-order valence-corrected chi connectivity index (χ3v) is 3.94. The number of carboxylic acid groups (broad SMARTS) is 1. The van der Waals surface area contributed by atoms with Crippen LogP contribution in [0.2, 0.25) is 0 Å². The molecule has 0 aliphatic carbocycles. The van der Waals surface area contributed by atoms with Crippen molar-refractivity contribution in [2.75, 3.05) is 7.11 Å². The summed E-state index contributed by atoms with van der Waals surface area (Å²) in [5, 5.41) is 9.42. The lowest BCUT2D eigenvalue weighted by molar-refractivity contribution is -0.130. The summed E-state index contributed by atoms with van der Waals surface area (Å²) >= 11 is 0. The zero-order valence-electron chi connectivity index (χ0n) is 15.5. The summed E-state index contributed by atoms with van der Waals surface area (Å²) in [7, 11) is 1.40. The lowest BCUT2D eigenvalue weighted by atomic mass is 10.0. The molecule has 3 aromatic rings. The summed E-state index contributed by atoms with van der Waals surface area (Å²) in [5.41, 5.74) is 1.20. The van der Waals surface area contributed by atoms with E-state index in [4.69, 9.17) is 14.2 Å². The van der Waals surface area contributed by atoms with Crippen LogP contribution in [0.25, 0.3) is 5.57 Å². The van der Waals surface area contributed by atoms with Gasteiger partial charge in [-0.2, -0.15) is 0 Å². The molecule has 0 unspecified atom stereocenters. The highest BCUT2D eigenvalue weighted by Gasteiger charge is 2.16. The summed E-state index contributed by atoms with van der Waals surface area (Å²) in [6.07, 6.45) is 2.78. The summed E-state index contributed by atoms with van der Waals surface area (Å²) in [5.74, 6) is 1.02. The minimum absolute atomic E-state index is 0.0413. The van der Waals surface area contributed by atoms with E-state index in [1.807, 2.05) is 30.3 Å². The maximum absolute atomic E-state index is 11.5. The molecular formula is C22H19NO5. The van der Waals surface area contributed by atoms with Gasteiger partial charge < -0.3 is 19.3 Å². The minimum Gasteiger partial charge on any atom is -0.503 e. The highest BCUT2D eigenvalue weighted by atomic mass is 16.5. The van der Waals surface area contributed by atoms with Gasteiger partial charge in [0.1, 0.15) is 22.8 Å². The van der Waals surface area contributed by atoms with Crippen molar-refractivity contribution < 1.29 is 24.1 Å². The van der Waals surface area contributed by atoms with Gasteiger partial charge in [0, 0.05) is 12.3 Å². The Labute approximate surface area is 162 Å². The van der Waals surface area contributed by atoms with Gasteiger partial charge in [0.2, 0.25) is 5.88 Å². The molecule has 0 atom stereocenters. The molecule has 6 nitrogen and oxygen atoms in total. The second-order valence-corrected chi connectivity index (χ2v) is 5.85. The quantitative estimate of drug-likeness (QED) is 0.459. The van der Waals surface area contributed by atoms with E-state index in [1.54, 1.807) is 43.5 Å². The summed E-state index contributed by atoms with van der Waals surface area (Å²) in [6.45, 7) is 1.78. The van der Waals surface area contributed by atoms with E-state index < -0.39 is 5.97 Å². The molecule has 0 radical (unpaired) electrons. The summed E-state index contributed by atoms with van der Waals surface area (Å²) in [4.78, 5) is 15.7. The Morgan fingerprint density at radius 1 is 1.00 bits per heavy atom. The predicted molar refractivity (Wildman–Crippen MR) is 105 cm³/mol. The number of ether oxygens (including phenoxy) is 3. The second-order valence-electron chi connectivity index (χ2n) is 5.85. The Kier molecular flexibility index (Phi) is 5.91. The standard InChI is InChI=1S/C22H19NO5/c1-15-18(19(14-26-2)22(24)25)9-6-10-20(15)28-21-13-17(11-12-23-21)27-16-7-4-3-5-8-16/h3-14H,1-2H3,(H,24,25)/b19-14+. The Morgan fingerprint density at radius 2 is 1.79 bits per heavy atom. The van der Waals surface area contributed by atoms with Crippen molar-refractivity contribution in [3.05, 3.63) is 84.2 Å². The zero-order chi connectivity index (χ0) is 19.9. The van der Waals surface area contributed by atoms with Gasteiger partial charge in [0.25, 0.3) is 0 Å². The van der Waals surface area contributed by atoms with E-state index in [0.717, 1.165) is 0 Å².